The van der Waals surface area contributed by atoms with Gasteiger partial charge in [-0.2, -0.15) is 0 Å². The number of halogens is 2. The largest absolute Gasteiger partial charge is 0.355 e. The van der Waals surface area contributed by atoms with Crippen LogP contribution in [0.3, 0.4) is 0 Å². The molecule has 1 saturated carbocycles. The highest BCUT2D eigenvalue weighted by Gasteiger charge is 2.27. The lowest BCUT2D eigenvalue weighted by atomic mass is 9.93. The van der Waals surface area contributed by atoms with Crippen molar-refractivity contribution in [2.24, 2.45) is 5.92 Å². The fourth-order valence-electron chi connectivity index (χ4n) is 2.97. The van der Waals surface area contributed by atoms with Crippen LogP contribution in [0.5, 0.6) is 0 Å². The Labute approximate surface area is 141 Å². The van der Waals surface area contributed by atoms with E-state index in [1.165, 1.54) is 25.7 Å². The lowest BCUT2D eigenvalue weighted by molar-refractivity contribution is -0.121. The first-order chi connectivity index (χ1) is 9.29. The molecule has 0 radical (unpaired) electrons. The van der Waals surface area contributed by atoms with Gasteiger partial charge in [-0.25, -0.2) is 0 Å². The number of amides is 1. The van der Waals surface area contributed by atoms with E-state index in [1.54, 1.807) is 0 Å². The number of carbonyl (C=O) groups excluding carboxylic acids is 1. The van der Waals surface area contributed by atoms with Crippen molar-refractivity contribution in [1.29, 1.82) is 0 Å². The van der Waals surface area contributed by atoms with E-state index in [0.717, 1.165) is 51.1 Å². The molecule has 21 heavy (non-hydrogen) atoms. The van der Waals surface area contributed by atoms with Gasteiger partial charge >= 0.3 is 0 Å². The van der Waals surface area contributed by atoms with E-state index in [9.17, 15) is 4.79 Å². The molecule has 1 aliphatic carbocycles. The third-order valence-electron chi connectivity index (χ3n) is 4.43. The van der Waals surface area contributed by atoms with E-state index in [-0.39, 0.29) is 30.7 Å². The summed E-state index contributed by atoms with van der Waals surface area (Å²) in [7, 11) is 0. The zero-order chi connectivity index (χ0) is 13.5. The number of rotatable bonds is 8. The second-order valence-electron chi connectivity index (χ2n) is 5.94. The van der Waals surface area contributed by atoms with Crippen LogP contribution in [0.15, 0.2) is 0 Å². The van der Waals surface area contributed by atoms with Crippen LogP contribution >= 0.6 is 24.8 Å². The number of hydrogen-bond donors (Lipinski definition) is 2. The lowest BCUT2D eigenvalue weighted by Gasteiger charge is -2.22. The third-order valence-corrected chi connectivity index (χ3v) is 4.43. The van der Waals surface area contributed by atoms with E-state index < -0.39 is 0 Å². The van der Waals surface area contributed by atoms with E-state index in [1.807, 2.05) is 0 Å². The number of likely N-dealkylation sites (N-methyl/N-ethyl adjacent to an activating group) is 1. The van der Waals surface area contributed by atoms with Crippen LogP contribution in [-0.2, 0) is 4.79 Å². The van der Waals surface area contributed by atoms with E-state index >= 15 is 0 Å². The molecule has 1 amide bonds. The van der Waals surface area contributed by atoms with Gasteiger partial charge in [-0.15, -0.1) is 24.8 Å². The molecule has 1 saturated heterocycles. The van der Waals surface area contributed by atoms with Crippen LogP contribution in [0, 0.1) is 5.92 Å². The lowest BCUT2D eigenvalue weighted by Crippen LogP contribution is -2.36. The predicted molar refractivity (Wildman–Crippen MR) is 92.6 cm³/mol. The molecule has 0 unspecified atom stereocenters. The fraction of sp³-hybridized carbons (Fsp3) is 0.933. The molecule has 2 fully saturated rings. The molecule has 2 rings (SSSR count). The zero-order valence-corrected chi connectivity index (χ0v) is 14.7. The van der Waals surface area contributed by atoms with Gasteiger partial charge in [0.05, 0.1) is 0 Å². The van der Waals surface area contributed by atoms with Crippen LogP contribution in [-0.4, -0.2) is 49.6 Å². The first-order valence-electron chi connectivity index (χ1n) is 8.01. The first kappa shape index (κ1) is 21.0. The third kappa shape index (κ3) is 8.24. The summed E-state index contributed by atoms with van der Waals surface area (Å²) in [6, 6.07) is 0.802. The van der Waals surface area contributed by atoms with Crippen molar-refractivity contribution in [2.75, 3.05) is 32.7 Å². The zero-order valence-electron chi connectivity index (χ0n) is 13.1. The Hall–Kier alpha value is -0.0300. The molecule has 0 aromatic carbocycles. The van der Waals surface area contributed by atoms with Gasteiger partial charge in [-0.3, -0.25) is 9.69 Å². The Balaban J connectivity index is 0.00000200. The van der Waals surface area contributed by atoms with Crippen molar-refractivity contribution in [1.82, 2.24) is 15.5 Å². The first-order valence-corrected chi connectivity index (χ1v) is 8.01. The summed E-state index contributed by atoms with van der Waals surface area (Å²) >= 11 is 0. The van der Waals surface area contributed by atoms with Crippen molar-refractivity contribution in [3.63, 3.8) is 0 Å². The molecule has 0 bridgehead atoms. The summed E-state index contributed by atoms with van der Waals surface area (Å²) in [5.74, 6) is 0.996. The fourth-order valence-corrected chi connectivity index (χ4v) is 2.97. The topological polar surface area (TPSA) is 44.4 Å². The molecule has 0 aromatic heterocycles. The maximum absolute atomic E-state index is 11.8. The van der Waals surface area contributed by atoms with Gasteiger partial charge in [-0.1, -0.05) is 6.92 Å². The number of carbonyl (C=O) groups is 1. The average Bonchev–Trinajstić information content (AvgIpc) is 3.27. The number of nitrogens with one attached hydrogen (secondary N) is 2. The maximum Gasteiger partial charge on any atom is 0.220 e. The Morgan fingerprint density at radius 1 is 1.19 bits per heavy atom. The van der Waals surface area contributed by atoms with Crippen molar-refractivity contribution in [3.05, 3.63) is 0 Å². The summed E-state index contributed by atoms with van der Waals surface area (Å²) in [5, 5.41) is 6.44. The second-order valence-corrected chi connectivity index (χ2v) is 5.94. The molecular formula is C15H31Cl2N3O. The van der Waals surface area contributed by atoms with Gasteiger partial charge in [0.25, 0.3) is 0 Å². The van der Waals surface area contributed by atoms with Gasteiger partial charge in [-0.05, 0) is 57.7 Å². The molecule has 6 heteroatoms. The molecule has 2 N–H and O–H groups in total. The Bertz CT molecular complexity index is 282. The standard InChI is InChI=1S/C15H29N3O.2ClH/c1-2-18(14-4-5-14)12-11-17-15(19)6-3-13-7-9-16-10-8-13;;/h13-14,16H,2-12H2,1H3,(H,17,19);2*1H. The monoisotopic (exact) mass is 339 g/mol. The minimum Gasteiger partial charge on any atom is -0.355 e. The van der Waals surface area contributed by atoms with E-state index in [4.69, 9.17) is 0 Å². The second kappa shape index (κ2) is 11.5. The summed E-state index contributed by atoms with van der Waals surface area (Å²) < 4.78 is 0. The SMILES string of the molecule is CCN(CCNC(=O)CCC1CCNCC1)C1CC1.Cl.Cl. The van der Waals surface area contributed by atoms with Crippen LogP contribution in [0.1, 0.15) is 45.4 Å². The number of nitrogens with zero attached hydrogens (tertiary/aromatic N) is 1. The molecule has 4 nitrogen and oxygen atoms in total. The minimum absolute atomic E-state index is 0. The molecule has 1 heterocycles. The van der Waals surface area contributed by atoms with Crippen LogP contribution in [0.4, 0.5) is 0 Å². The average molecular weight is 340 g/mol. The molecule has 126 valence electrons. The summed E-state index contributed by atoms with van der Waals surface area (Å²) in [4.78, 5) is 14.3. The number of piperidine rings is 1. The minimum atomic E-state index is 0. The van der Waals surface area contributed by atoms with Gasteiger partial charge < -0.3 is 10.6 Å². The van der Waals surface area contributed by atoms with Crippen molar-refractivity contribution in [3.8, 4) is 0 Å². The highest BCUT2D eigenvalue weighted by Crippen LogP contribution is 2.25. The molecule has 0 aromatic rings. The van der Waals surface area contributed by atoms with Gasteiger partial charge in [0.15, 0.2) is 0 Å². The normalized spacial score (nSPS) is 18.8. The van der Waals surface area contributed by atoms with Crippen molar-refractivity contribution >= 4 is 30.7 Å². The van der Waals surface area contributed by atoms with Crippen molar-refractivity contribution in [2.45, 2.75) is 51.5 Å². The quantitative estimate of drug-likeness (QED) is 0.712. The Morgan fingerprint density at radius 2 is 1.86 bits per heavy atom. The predicted octanol–water partition coefficient (Wildman–Crippen LogP) is 2.21. The molecule has 2 aliphatic rings. The van der Waals surface area contributed by atoms with Crippen molar-refractivity contribution < 1.29 is 4.79 Å². The van der Waals surface area contributed by atoms with Gasteiger partial charge in [0, 0.05) is 25.6 Å². The van der Waals surface area contributed by atoms with Crippen LogP contribution < -0.4 is 10.6 Å². The van der Waals surface area contributed by atoms with Gasteiger partial charge in [0.1, 0.15) is 0 Å². The Morgan fingerprint density at radius 3 is 2.43 bits per heavy atom. The molecular weight excluding hydrogens is 309 g/mol. The Kier molecular flexibility index (Phi) is 11.5. The van der Waals surface area contributed by atoms with E-state index in [0.29, 0.717) is 6.42 Å². The number of hydrogen-bond acceptors (Lipinski definition) is 3. The smallest absolute Gasteiger partial charge is 0.220 e. The van der Waals surface area contributed by atoms with Gasteiger partial charge in [0.2, 0.25) is 5.91 Å². The molecule has 0 spiro atoms. The van der Waals surface area contributed by atoms with Crippen LogP contribution in [0.25, 0.3) is 0 Å². The summed E-state index contributed by atoms with van der Waals surface area (Å²) in [6.07, 6.45) is 6.93. The maximum atomic E-state index is 11.8. The highest BCUT2D eigenvalue weighted by molar-refractivity contribution is 5.85. The molecule has 0 atom stereocenters. The molecule has 1 aliphatic heterocycles. The van der Waals surface area contributed by atoms with E-state index in [2.05, 4.69) is 22.5 Å². The summed E-state index contributed by atoms with van der Waals surface area (Å²) in [5.41, 5.74) is 0. The highest BCUT2D eigenvalue weighted by atomic mass is 35.5. The summed E-state index contributed by atoms with van der Waals surface area (Å²) in [6.45, 7) is 7.39. The van der Waals surface area contributed by atoms with Crippen LogP contribution in [0.2, 0.25) is 0 Å².